The molecule has 0 bridgehead atoms. The van der Waals surface area contributed by atoms with Crippen molar-refractivity contribution in [1.29, 1.82) is 0 Å². The third kappa shape index (κ3) is 2.67. The second kappa shape index (κ2) is 6.23. The first kappa shape index (κ1) is 19.4. The summed E-state index contributed by atoms with van der Waals surface area (Å²) in [6, 6.07) is 5.55. The number of carbonyl (C=O) groups is 1. The number of carboxylic acid groups (broad SMARTS) is 1. The normalized spacial score (nSPS) is 24.0. The number of hydrogen-bond donors (Lipinski definition) is 1. The average molecular weight is 402 g/mol. The molecule has 30 heavy (non-hydrogen) atoms. The fraction of sp³-hybridized carbons (Fsp3) is 0.444. The van der Waals surface area contributed by atoms with E-state index in [0.717, 1.165) is 23.7 Å². The van der Waals surface area contributed by atoms with Gasteiger partial charge in [0.2, 0.25) is 0 Å². The Morgan fingerprint density at radius 3 is 2.47 bits per heavy atom. The molecule has 0 fully saturated rings. The third-order valence-corrected chi connectivity index (χ3v) is 7.87. The van der Waals surface area contributed by atoms with Gasteiger partial charge in [-0.3, -0.25) is 0 Å². The Kier molecular flexibility index (Phi) is 4.03. The minimum absolute atomic E-state index is 0.198. The van der Waals surface area contributed by atoms with Gasteiger partial charge in [-0.2, -0.15) is 0 Å². The molecule has 0 saturated carbocycles. The van der Waals surface area contributed by atoms with Crippen molar-refractivity contribution in [3.63, 3.8) is 0 Å². The molecule has 0 saturated heterocycles. The lowest BCUT2D eigenvalue weighted by Crippen LogP contribution is -2.29. The third-order valence-electron chi connectivity index (χ3n) is 7.87. The minimum Gasteiger partial charge on any atom is -0.478 e. The topological polar surface area (TPSA) is 42.2 Å². The molecule has 1 unspecified atom stereocenters. The maximum Gasteiger partial charge on any atom is 0.335 e. The van der Waals surface area contributed by atoms with Crippen LogP contribution < -0.4 is 0 Å². The number of aromatic nitrogens is 1. The van der Waals surface area contributed by atoms with Crippen LogP contribution in [0.3, 0.4) is 0 Å². The van der Waals surface area contributed by atoms with Gasteiger partial charge in [0.15, 0.2) is 0 Å². The largest absolute Gasteiger partial charge is 0.478 e. The zero-order chi connectivity index (χ0) is 21.4. The minimum atomic E-state index is -0.860. The summed E-state index contributed by atoms with van der Waals surface area (Å²) >= 11 is 0. The molecule has 1 N–H and O–H groups in total. The molecule has 2 aromatic rings. The standard InChI is InChI=1S/C27H31NO2/c1-26(2)12-13-27(3,4)22-15-16-6-8-19-20-14-17(25(29)30)7-11-23(20)28(5)24(19)18(16)9-10-21(22)26/h7,9-11,14-15,18H,6,8,12-13H2,1-5H3,(H,29,30). The van der Waals surface area contributed by atoms with E-state index in [1.165, 1.54) is 40.8 Å². The molecule has 0 radical (unpaired) electrons. The second-order valence-electron chi connectivity index (χ2n) is 10.6. The molecular weight excluding hydrogens is 370 g/mol. The fourth-order valence-electron chi connectivity index (χ4n) is 5.90. The van der Waals surface area contributed by atoms with Crippen LogP contribution in [0.2, 0.25) is 0 Å². The number of hydrogen-bond acceptors (Lipinski definition) is 1. The van der Waals surface area contributed by atoms with Crippen molar-refractivity contribution in [3.05, 3.63) is 70.0 Å². The molecule has 1 aromatic heterocycles. The molecule has 1 atom stereocenters. The highest BCUT2D eigenvalue weighted by Gasteiger charge is 2.39. The fourth-order valence-corrected chi connectivity index (χ4v) is 5.90. The van der Waals surface area contributed by atoms with Crippen LogP contribution in [0.5, 0.6) is 0 Å². The maximum absolute atomic E-state index is 11.5. The van der Waals surface area contributed by atoms with Crippen LogP contribution in [-0.2, 0) is 13.5 Å². The molecule has 3 aliphatic rings. The molecule has 1 heterocycles. The summed E-state index contributed by atoms with van der Waals surface area (Å²) in [4.78, 5) is 11.5. The second-order valence-corrected chi connectivity index (χ2v) is 10.6. The highest BCUT2D eigenvalue weighted by atomic mass is 16.4. The zero-order valence-electron chi connectivity index (χ0n) is 18.7. The van der Waals surface area contributed by atoms with E-state index in [1.54, 1.807) is 6.07 Å². The Labute approximate surface area is 178 Å². The van der Waals surface area contributed by atoms with E-state index in [0.29, 0.717) is 5.56 Å². The summed E-state index contributed by atoms with van der Waals surface area (Å²) in [6.07, 6.45) is 11.8. The molecule has 0 amide bonds. The predicted octanol–water partition coefficient (Wildman–Crippen LogP) is 6.55. The van der Waals surface area contributed by atoms with Gasteiger partial charge in [0.25, 0.3) is 0 Å². The summed E-state index contributed by atoms with van der Waals surface area (Å²) in [7, 11) is 2.13. The number of allylic oxidation sites excluding steroid dienone is 6. The van der Waals surface area contributed by atoms with Gasteiger partial charge in [0.1, 0.15) is 0 Å². The van der Waals surface area contributed by atoms with Gasteiger partial charge < -0.3 is 9.67 Å². The van der Waals surface area contributed by atoms with Crippen LogP contribution in [0.1, 0.15) is 74.5 Å². The number of fused-ring (bicyclic) bond motifs is 5. The molecule has 1 aromatic carbocycles. The Balaban J connectivity index is 1.71. The summed E-state index contributed by atoms with van der Waals surface area (Å²) in [5.41, 5.74) is 9.06. The quantitative estimate of drug-likeness (QED) is 0.589. The van der Waals surface area contributed by atoms with Crippen molar-refractivity contribution in [2.24, 2.45) is 17.9 Å². The Hall–Kier alpha value is -2.55. The van der Waals surface area contributed by atoms with Crippen LogP contribution in [0.4, 0.5) is 0 Å². The number of carboxylic acids is 1. The average Bonchev–Trinajstić information content (AvgIpc) is 2.85. The first-order chi connectivity index (χ1) is 14.1. The van der Waals surface area contributed by atoms with Crippen LogP contribution in [0.25, 0.3) is 10.9 Å². The van der Waals surface area contributed by atoms with E-state index in [4.69, 9.17) is 0 Å². The molecule has 156 valence electrons. The first-order valence-electron chi connectivity index (χ1n) is 11.1. The van der Waals surface area contributed by atoms with Gasteiger partial charge in [-0.15, -0.1) is 0 Å². The highest BCUT2D eigenvalue weighted by molar-refractivity contribution is 5.96. The van der Waals surface area contributed by atoms with E-state index in [2.05, 4.69) is 57.5 Å². The highest BCUT2D eigenvalue weighted by Crippen LogP contribution is 2.53. The number of aryl methyl sites for hydroxylation is 2. The summed E-state index contributed by atoms with van der Waals surface area (Å²) in [5.74, 6) is -0.599. The number of nitrogens with zero attached hydrogens (tertiary/aromatic N) is 1. The number of aromatic carboxylic acids is 1. The lowest BCUT2D eigenvalue weighted by molar-refractivity contribution is 0.0697. The number of rotatable bonds is 1. The van der Waals surface area contributed by atoms with Gasteiger partial charge in [-0.25, -0.2) is 4.79 Å². The first-order valence-corrected chi connectivity index (χ1v) is 11.1. The van der Waals surface area contributed by atoms with Crippen molar-refractivity contribution >= 4 is 16.9 Å². The Morgan fingerprint density at radius 2 is 1.77 bits per heavy atom. The lowest BCUT2D eigenvalue weighted by atomic mass is 9.63. The SMILES string of the molecule is Cn1c2c(c3cc(C(=O)O)ccc31)CCC1=CC3=C(C=CC12)C(C)(C)CCC3(C)C. The van der Waals surface area contributed by atoms with E-state index >= 15 is 0 Å². The zero-order valence-corrected chi connectivity index (χ0v) is 18.7. The van der Waals surface area contributed by atoms with Crippen molar-refractivity contribution < 1.29 is 9.90 Å². The molecule has 3 nitrogen and oxygen atoms in total. The van der Waals surface area contributed by atoms with Gasteiger partial charge >= 0.3 is 5.97 Å². The smallest absolute Gasteiger partial charge is 0.335 e. The van der Waals surface area contributed by atoms with Crippen LogP contribution in [0.15, 0.2) is 53.1 Å². The number of benzene rings is 1. The van der Waals surface area contributed by atoms with E-state index in [9.17, 15) is 9.90 Å². The molecule has 3 heteroatoms. The van der Waals surface area contributed by atoms with Gasteiger partial charge in [-0.1, -0.05) is 51.5 Å². The summed E-state index contributed by atoms with van der Waals surface area (Å²) in [6.45, 7) is 9.54. The Morgan fingerprint density at radius 1 is 1.07 bits per heavy atom. The monoisotopic (exact) mass is 401 g/mol. The molecule has 5 rings (SSSR count). The van der Waals surface area contributed by atoms with E-state index in [1.807, 2.05) is 12.1 Å². The van der Waals surface area contributed by atoms with Crippen molar-refractivity contribution in [2.75, 3.05) is 0 Å². The van der Waals surface area contributed by atoms with Gasteiger partial charge in [-0.05, 0) is 71.4 Å². The van der Waals surface area contributed by atoms with E-state index < -0.39 is 5.97 Å². The van der Waals surface area contributed by atoms with Gasteiger partial charge in [0, 0.05) is 29.6 Å². The van der Waals surface area contributed by atoms with Crippen LogP contribution >= 0.6 is 0 Å². The van der Waals surface area contributed by atoms with Crippen LogP contribution in [0, 0.1) is 10.8 Å². The Bertz CT molecular complexity index is 1180. The van der Waals surface area contributed by atoms with E-state index in [-0.39, 0.29) is 16.7 Å². The predicted molar refractivity (Wildman–Crippen MR) is 122 cm³/mol. The molecule has 0 spiro atoms. The summed E-state index contributed by atoms with van der Waals surface area (Å²) < 4.78 is 2.29. The van der Waals surface area contributed by atoms with Crippen molar-refractivity contribution in [2.45, 2.75) is 59.3 Å². The van der Waals surface area contributed by atoms with Gasteiger partial charge in [0.05, 0.1) is 5.56 Å². The molecule has 0 aliphatic heterocycles. The molecule has 3 aliphatic carbocycles. The molecular formula is C27H31NO2. The lowest BCUT2D eigenvalue weighted by Gasteiger charge is -2.42. The van der Waals surface area contributed by atoms with Crippen molar-refractivity contribution in [1.82, 2.24) is 4.57 Å². The van der Waals surface area contributed by atoms with Crippen molar-refractivity contribution in [3.8, 4) is 0 Å². The van der Waals surface area contributed by atoms with Crippen LogP contribution in [-0.4, -0.2) is 15.6 Å². The summed E-state index contributed by atoms with van der Waals surface area (Å²) in [5, 5.41) is 10.6. The maximum atomic E-state index is 11.5.